The normalized spacial score (nSPS) is 24.1. The number of sulfone groups is 1. The van der Waals surface area contributed by atoms with Gasteiger partial charge < -0.3 is 10.1 Å². The molecule has 2 aliphatic heterocycles. The van der Waals surface area contributed by atoms with Gasteiger partial charge in [-0.3, -0.25) is 4.90 Å². The van der Waals surface area contributed by atoms with Gasteiger partial charge in [0.25, 0.3) is 6.43 Å². The molecule has 1 N–H and O–H groups in total. The van der Waals surface area contributed by atoms with E-state index < -0.39 is 33.4 Å². The molecule has 2 aliphatic rings. The van der Waals surface area contributed by atoms with E-state index in [1.807, 2.05) is 12.1 Å². The number of hydrogen-bond acceptors (Lipinski definition) is 5. The topological polar surface area (TPSA) is 75.7 Å². The molecular weight excluding hydrogens is 398 g/mol. The first kappa shape index (κ1) is 19.7. The smallest absolute Gasteiger partial charge is 0.414 e. The Kier molecular flexibility index (Phi) is 5.75. The van der Waals surface area contributed by atoms with Gasteiger partial charge in [0, 0.05) is 17.0 Å². The highest BCUT2D eigenvalue weighted by molar-refractivity contribution is 7.94. The lowest BCUT2D eigenvalue weighted by Crippen LogP contribution is -2.36. The minimum absolute atomic E-state index is 0.0143. The average molecular weight is 416 g/mol. The summed E-state index contributed by atoms with van der Waals surface area (Å²) in [5.74, 6) is 0.129. The zero-order valence-electron chi connectivity index (χ0n) is 14.2. The van der Waals surface area contributed by atoms with E-state index in [0.29, 0.717) is 12.1 Å². The fourth-order valence-electron chi connectivity index (χ4n) is 2.98. The van der Waals surface area contributed by atoms with E-state index in [0.717, 1.165) is 5.56 Å². The Balaban J connectivity index is 1.62. The molecule has 0 aliphatic carbocycles. The van der Waals surface area contributed by atoms with Crippen LogP contribution in [0.25, 0.3) is 0 Å². The second kappa shape index (κ2) is 7.89. The van der Waals surface area contributed by atoms with Crippen molar-refractivity contribution < 1.29 is 26.7 Å². The summed E-state index contributed by atoms with van der Waals surface area (Å²) in [7, 11) is -3.09. The van der Waals surface area contributed by atoms with E-state index in [4.69, 9.17) is 4.74 Å². The van der Waals surface area contributed by atoms with Crippen LogP contribution in [-0.4, -0.2) is 50.9 Å². The van der Waals surface area contributed by atoms with Crippen LogP contribution in [0.2, 0.25) is 0 Å². The largest absolute Gasteiger partial charge is 0.442 e. The van der Waals surface area contributed by atoms with Crippen LogP contribution in [-0.2, 0) is 14.6 Å². The van der Waals surface area contributed by atoms with Crippen LogP contribution in [0.1, 0.15) is 17.9 Å². The molecule has 27 heavy (non-hydrogen) atoms. The van der Waals surface area contributed by atoms with Gasteiger partial charge in [0.1, 0.15) is 11.1 Å². The molecule has 2 heterocycles. The summed E-state index contributed by atoms with van der Waals surface area (Å²) in [6.45, 7) is 0.240. The summed E-state index contributed by atoms with van der Waals surface area (Å²) in [5.41, 5.74) is 1.58. The van der Waals surface area contributed by atoms with E-state index in [9.17, 15) is 22.0 Å². The van der Waals surface area contributed by atoms with Crippen LogP contribution in [0, 0.1) is 0 Å². The number of alkyl halides is 2. The first-order valence-electron chi connectivity index (χ1n) is 8.30. The third kappa shape index (κ3) is 4.81. The number of benzene rings is 1. The van der Waals surface area contributed by atoms with Crippen molar-refractivity contribution in [2.75, 3.05) is 23.7 Å². The third-order valence-corrected chi connectivity index (χ3v) is 6.14. The van der Waals surface area contributed by atoms with Crippen LogP contribution in [0.5, 0.6) is 0 Å². The van der Waals surface area contributed by atoms with Crippen LogP contribution in [0.3, 0.4) is 0 Å². The molecule has 6 nitrogen and oxygen atoms in total. The molecule has 0 aromatic heterocycles. The molecule has 0 saturated carbocycles. The highest BCUT2D eigenvalue weighted by atomic mass is 32.2. The second-order valence-corrected chi connectivity index (χ2v) is 8.79. The Morgan fingerprint density at radius 1 is 1.33 bits per heavy atom. The molecule has 1 aromatic carbocycles. The summed E-state index contributed by atoms with van der Waals surface area (Å²) in [4.78, 5) is 12.9. The Hall–Kier alpha value is -2.07. The second-order valence-electron chi connectivity index (χ2n) is 6.34. The molecule has 1 saturated heterocycles. The monoisotopic (exact) mass is 416 g/mol. The molecule has 0 bridgehead atoms. The molecule has 10 heteroatoms. The lowest BCUT2D eigenvalue weighted by molar-refractivity contribution is 0.142. The highest BCUT2D eigenvalue weighted by Crippen LogP contribution is 2.29. The summed E-state index contributed by atoms with van der Waals surface area (Å²) < 4.78 is 52.9. The van der Waals surface area contributed by atoms with Gasteiger partial charge in [0.05, 0.1) is 18.8 Å². The number of hydrogen-bond donors (Lipinski definition) is 1. The Morgan fingerprint density at radius 3 is 2.63 bits per heavy atom. The fourth-order valence-corrected chi connectivity index (χ4v) is 4.21. The number of ether oxygens (including phenoxy) is 1. The van der Waals surface area contributed by atoms with Gasteiger partial charge in [-0.15, -0.1) is 0 Å². The maximum absolute atomic E-state index is 12.4. The van der Waals surface area contributed by atoms with Crippen LogP contribution in [0.15, 0.2) is 35.7 Å². The van der Waals surface area contributed by atoms with E-state index in [1.165, 1.54) is 10.3 Å². The SMILES string of the molecule is O=C1O[C@@H](CNC(=S)C(F)F)CN1c1ccc(C2C=CS(=O)(=O)CC2)cc1. The van der Waals surface area contributed by atoms with E-state index >= 15 is 0 Å². The number of nitrogens with zero attached hydrogens (tertiary/aromatic N) is 1. The lowest BCUT2D eigenvalue weighted by atomic mass is 9.96. The van der Waals surface area contributed by atoms with Crippen LogP contribution < -0.4 is 10.2 Å². The number of halogens is 2. The minimum Gasteiger partial charge on any atom is -0.442 e. The summed E-state index contributed by atoms with van der Waals surface area (Å²) in [5, 5.41) is 3.64. The third-order valence-electron chi connectivity index (χ3n) is 4.44. The van der Waals surface area contributed by atoms with E-state index in [-0.39, 0.29) is 24.8 Å². The van der Waals surface area contributed by atoms with Gasteiger partial charge in [-0.25, -0.2) is 22.0 Å². The van der Waals surface area contributed by atoms with Gasteiger partial charge in [-0.05, 0) is 24.1 Å². The first-order chi connectivity index (χ1) is 12.7. The lowest BCUT2D eigenvalue weighted by Gasteiger charge is -2.18. The zero-order chi connectivity index (χ0) is 19.6. The van der Waals surface area contributed by atoms with Crippen molar-refractivity contribution in [1.82, 2.24) is 5.32 Å². The van der Waals surface area contributed by atoms with Gasteiger partial charge >= 0.3 is 6.09 Å². The molecule has 0 spiro atoms. The molecule has 1 unspecified atom stereocenters. The van der Waals surface area contributed by atoms with Crippen molar-refractivity contribution in [3.05, 3.63) is 41.3 Å². The van der Waals surface area contributed by atoms with E-state index in [2.05, 4.69) is 17.5 Å². The predicted molar refractivity (Wildman–Crippen MR) is 101 cm³/mol. The summed E-state index contributed by atoms with van der Waals surface area (Å²) in [6.07, 6.45) is -1.70. The van der Waals surface area contributed by atoms with Crippen molar-refractivity contribution in [3.63, 3.8) is 0 Å². The standard InChI is InChI=1S/C17H18F2N2O4S2/c18-15(19)16(26)20-9-14-10-21(17(22)25-14)13-3-1-11(2-4-13)12-5-7-27(23,24)8-6-12/h1-5,7,12,14-15H,6,8-10H2,(H,20,26)/t12?,14-/m0/s1. The number of anilines is 1. The van der Waals surface area contributed by atoms with Crippen molar-refractivity contribution in [1.29, 1.82) is 0 Å². The maximum atomic E-state index is 12.4. The maximum Gasteiger partial charge on any atom is 0.414 e. The fraction of sp³-hybridized carbons (Fsp3) is 0.412. The van der Waals surface area contributed by atoms with Crippen molar-refractivity contribution in [3.8, 4) is 0 Å². The number of carbonyl (C=O) groups is 1. The van der Waals surface area contributed by atoms with Gasteiger partial charge in [0.15, 0.2) is 9.84 Å². The first-order valence-corrected chi connectivity index (χ1v) is 10.4. The Labute approximate surface area is 161 Å². The minimum atomic E-state index is -3.09. The molecule has 3 rings (SSSR count). The van der Waals surface area contributed by atoms with E-state index in [1.54, 1.807) is 18.2 Å². The number of cyclic esters (lactones) is 1. The van der Waals surface area contributed by atoms with Crippen molar-refractivity contribution in [2.45, 2.75) is 24.9 Å². The van der Waals surface area contributed by atoms with Gasteiger partial charge in [0.2, 0.25) is 0 Å². The number of amides is 1. The average Bonchev–Trinajstić information content (AvgIpc) is 3.00. The van der Waals surface area contributed by atoms with Crippen molar-refractivity contribution >= 4 is 38.8 Å². The molecular formula is C17H18F2N2O4S2. The number of allylic oxidation sites excluding steroid dienone is 1. The van der Waals surface area contributed by atoms with Crippen LogP contribution in [0.4, 0.5) is 19.3 Å². The Bertz CT molecular complexity index is 856. The van der Waals surface area contributed by atoms with Gasteiger partial charge in [-0.1, -0.05) is 30.4 Å². The Morgan fingerprint density at radius 2 is 2.04 bits per heavy atom. The molecule has 1 amide bonds. The number of carbonyl (C=O) groups excluding carboxylic acids is 1. The molecule has 146 valence electrons. The molecule has 1 aromatic rings. The molecule has 0 radical (unpaired) electrons. The predicted octanol–water partition coefficient (Wildman–Crippen LogP) is 2.61. The molecule has 1 fully saturated rings. The number of thiocarbonyl (C=S) groups is 1. The highest BCUT2D eigenvalue weighted by Gasteiger charge is 2.32. The zero-order valence-corrected chi connectivity index (χ0v) is 15.8. The van der Waals surface area contributed by atoms with Crippen molar-refractivity contribution in [2.24, 2.45) is 0 Å². The van der Waals surface area contributed by atoms with Crippen LogP contribution >= 0.6 is 12.2 Å². The number of rotatable bonds is 5. The van der Waals surface area contributed by atoms with Gasteiger partial charge in [-0.2, -0.15) is 0 Å². The summed E-state index contributed by atoms with van der Waals surface area (Å²) in [6, 6.07) is 7.19. The molecule has 2 atom stereocenters. The number of nitrogens with one attached hydrogen (secondary N) is 1. The quantitative estimate of drug-likeness (QED) is 0.744. The summed E-state index contributed by atoms with van der Waals surface area (Å²) >= 11 is 4.50.